The smallest absolute Gasteiger partial charge is 0.416 e. The van der Waals surface area contributed by atoms with E-state index >= 15 is 0 Å². The molecule has 0 radical (unpaired) electrons. The van der Waals surface area contributed by atoms with Gasteiger partial charge in [0.1, 0.15) is 6.61 Å². The number of ether oxygens (including phenoxy) is 2. The van der Waals surface area contributed by atoms with Crippen LogP contribution in [-0.4, -0.2) is 72.8 Å². The highest BCUT2D eigenvalue weighted by Crippen LogP contribution is 2.48. The fourth-order valence-corrected chi connectivity index (χ4v) is 7.20. The van der Waals surface area contributed by atoms with Crippen LogP contribution in [0, 0.1) is 5.41 Å². The zero-order chi connectivity index (χ0) is 34.5. The highest BCUT2D eigenvalue weighted by Gasteiger charge is 2.43. The van der Waals surface area contributed by atoms with E-state index in [0.29, 0.717) is 59.2 Å². The molecule has 1 N–H and O–H groups in total. The number of rotatable bonds is 4. The summed E-state index contributed by atoms with van der Waals surface area (Å²) in [6.07, 6.45) is -4.49. The van der Waals surface area contributed by atoms with Gasteiger partial charge in [-0.3, -0.25) is 14.4 Å². The molecule has 1 aliphatic carbocycles. The molecular formula is C37H37F3N4O5. The van der Waals surface area contributed by atoms with Gasteiger partial charge in [-0.1, -0.05) is 50.2 Å². The number of carbonyl (C=O) groups excluding carboxylic acids is 3. The molecule has 0 aromatic heterocycles. The highest BCUT2D eigenvalue weighted by atomic mass is 19.4. The number of fused-ring (bicyclic) bond motifs is 2. The van der Waals surface area contributed by atoms with Gasteiger partial charge in [0.25, 0.3) is 5.91 Å². The van der Waals surface area contributed by atoms with Crippen LogP contribution >= 0.6 is 0 Å². The Hall–Kier alpha value is -5.00. The molecule has 3 heterocycles. The normalized spacial score (nSPS) is 21.7. The summed E-state index contributed by atoms with van der Waals surface area (Å²) in [5.41, 5.74) is 1.87. The van der Waals surface area contributed by atoms with E-state index in [4.69, 9.17) is 9.47 Å². The Morgan fingerprint density at radius 2 is 1.53 bits per heavy atom. The number of halogens is 3. The van der Waals surface area contributed by atoms with E-state index in [1.165, 1.54) is 12.1 Å². The standard InChI is InChI=1S/C37H37F3N4O5/c1-36(2)19-26-33(28(45)20-36)34(23-11-13-24(14-12-23)37(38,39)40)44(27-8-4-3-7-25(27)41-26)21-32(46)42-15-17-43(18-16-42)35(47)31-22-48-29-9-5-6-10-30(29)49-31/h3-14,31,34,41H,15-22H2,1-2H3. The number of hydrogen-bond donors (Lipinski definition) is 1. The number of alkyl halides is 3. The molecule has 2 unspecified atom stereocenters. The summed E-state index contributed by atoms with van der Waals surface area (Å²) in [5.74, 6) is 0.544. The molecule has 3 aromatic carbocycles. The average Bonchev–Trinajstić information content (AvgIpc) is 3.21. The molecule has 49 heavy (non-hydrogen) atoms. The third-order valence-corrected chi connectivity index (χ3v) is 9.59. The van der Waals surface area contributed by atoms with E-state index in [0.717, 1.165) is 12.1 Å². The molecule has 3 aliphatic heterocycles. The Bertz CT molecular complexity index is 1810. The van der Waals surface area contributed by atoms with E-state index in [-0.39, 0.29) is 55.7 Å². The number of ketones is 1. The Kier molecular flexibility index (Phi) is 8.28. The number of nitrogens with one attached hydrogen (secondary N) is 1. The van der Waals surface area contributed by atoms with Crippen molar-refractivity contribution >= 4 is 29.0 Å². The van der Waals surface area contributed by atoms with Crippen molar-refractivity contribution in [3.63, 3.8) is 0 Å². The Labute approximate surface area is 282 Å². The first-order chi connectivity index (χ1) is 23.4. The number of para-hydroxylation sites is 4. The van der Waals surface area contributed by atoms with E-state index in [9.17, 15) is 27.6 Å². The maximum Gasteiger partial charge on any atom is 0.416 e. The van der Waals surface area contributed by atoms with Crippen molar-refractivity contribution in [3.05, 3.63) is 95.2 Å². The second kappa shape index (κ2) is 12.5. The topological polar surface area (TPSA) is 91.4 Å². The van der Waals surface area contributed by atoms with Gasteiger partial charge in [-0.05, 0) is 53.8 Å². The molecule has 4 aliphatic rings. The minimum absolute atomic E-state index is 0.0937. The summed E-state index contributed by atoms with van der Waals surface area (Å²) < 4.78 is 52.3. The molecule has 256 valence electrons. The highest BCUT2D eigenvalue weighted by molar-refractivity contribution is 6.02. The minimum Gasteiger partial charge on any atom is -0.485 e. The van der Waals surface area contributed by atoms with Gasteiger partial charge in [0, 0.05) is 43.9 Å². The fourth-order valence-electron chi connectivity index (χ4n) is 7.20. The summed E-state index contributed by atoms with van der Waals surface area (Å²) in [6.45, 7) is 5.16. The summed E-state index contributed by atoms with van der Waals surface area (Å²) in [7, 11) is 0. The summed E-state index contributed by atoms with van der Waals surface area (Å²) in [4.78, 5) is 46.5. The Morgan fingerprint density at radius 1 is 0.878 bits per heavy atom. The lowest BCUT2D eigenvalue weighted by atomic mass is 9.73. The Morgan fingerprint density at radius 3 is 2.24 bits per heavy atom. The van der Waals surface area contributed by atoms with Crippen LogP contribution in [0.5, 0.6) is 11.5 Å². The number of anilines is 2. The maximum absolute atomic E-state index is 14.1. The molecule has 9 nitrogen and oxygen atoms in total. The van der Waals surface area contributed by atoms with Gasteiger partial charge in [-0.15, -0.1) is 0 Å². The fraction of sp³-hybridized carbons (Fsp3) is 0.378. The first-order valence-corrected chi connectivity index (χ1v) is 16.4. The minimum atomic E-state index is -4.52. The number of benzene rings is 3. The lowest BCUT2D eigenvalue weighted by Crippen LogP contribution is -2.56. The van der Waals surface area contributed by atoms with E-state index < -0.39 is 23.9 Å². The quantitative estimate of drug-likeness (QED) is 0.373. The average molecular weight is 675 g/mol. The van der Waals surface area contributed by atoms with Crippen molar-refractivity contribution in [2.24, 2.45) is 5.41 Å². The monoisotopic (exact) mass is 674 g/mol. The molecule has 0 saturated carbocycles. The summed E-state index contributed by atoms with van der Waals surface area (Å²) in [5, 5.41) is 3.47. The van der Waals surface area contributed by atoms with Crippen LogP contribution in [-0.2, 0) is 20.6 Å². The first-order valence-electron chi connectivity index (χ1n) is 16.4. The van der Waals surface area contributed by atoms with Gasteiger partial charge >= 0.3 is 6.18 Å². The lowest BCUT2D eigenvalue weighted by molar-refractivity contribution is -0.145. The number of carbonyl (C=O) groups is 3. The number of hydrogen-bond acceptors (Lipinski definition) is 7. The van der Waals surface area contributed by atoms with Gasteiger partial charge in [-0.2, -0.15) is 13.2 Å². The SMILES string of the molecule is CC1(C)CC(=O)C2=C(C1)Nc1ccccc1N(CC(=O)N1CCN(C(=O)C3COc4ccccc4O3)CC1)C2c1ccc(C(F)(F)F)cc1. The molecular weight excluding hydrogens is 637 g/mol. The Balaban J connectivity index is 1.15. The van der Waals surface area contributed by atoms with Crippen molar-refractivity contribution in [1.29, 1.82) is 0 Å². The van der Waals surface area contributed by atoms with Crippen LogP contribution < -0.4 is 19.7 Å². The van der Waals surface area contributed by atoms with Crippen molar-refractivity contribution < 1.29 is 37.0 Å². The zero-order valence-electron chi connectivity index (χ0n) is 27.3. The number of allylic oxidation sites excluding steroid dienone is 1. The van der Waals surface area contributed by atoms with E-state index in [1.807, 2.05) is 55.1 Å². The van der Waals surface area contributed by atoms with Crippen LogP contribution in [0.25, 0.3) is 0 Å². The van der Waals surface area contributed by atoms with Crippen LogP contribution in [0.15, 0.2) is 84.1 Å². The number of nitrogens with zero attached hydrogens (tertiary/aromatic N) is 3. The first kappa shape index (κ1) is 32.5. The molecule has 1 saturated heterocycles. The van der Waals surface area contributed by atoms with E-state index in [1.54, 1.807) is 21.9 Å². The molecule has 2 atom stereocenters. The molecule has 0 bridgehead atoms. The van der Waals surface area contributed by atoms with Crippen LogP contribution in [0.2, 0.25) is 0 Å². The van der Waals surface area contributed by atoms with Gasteiger partial charge in [0.2, 0.25) is 12.0 Å². The third kappa shape index (κ3) is 6.43. The summed E-state index contributed by atoms with van der Waals surface area (Å²) in [6, 6.07) is 18.6. The molecule has 0 spiro atoms. The van der Waals surface area contributed by atoms with Crippen molar-refractivity contribution in [3.8, 4) is 11.5 Å². The third-order valence-electron chi connectivity index (χ3n) is 9.59. The lowest BCUT2D eigenvalue weighted by Gasteiger charge is -2.40. The second-order valence-electron chi connectivity index (χ2n) is 13.7. The number of piperazine rings is 1. The van der Waals surface area contributed by atoms with E-state index in [2.05, 4.69) is 5.32 Å². The predicted molar refractivity (Wildman–Crippen MR) is 176 cm³/mol. The van der Waals surface area contributed by atoms with Crippen LogP contribution in [0.3, 0.4) is 0 Å². The van der Waals surface area contributed by atoms with Crippen molar-refractivity contribution in [2.45, 2.75) is 45.0 Å². The molecule has 3 aromatic rings. The molecule has 2 amide bonds. The molecule has 1 fully saturated rings. The number of amides is 2. The zero-order valence-corrected chi connectivity index (χ0v) is 27.3. The van der Waals surface area contributed by atoms with Crippen LogP contribution in [0.1, 0.15) is 43.9 Å². The van der Waals surface area contributed by atoms with Crippen LogP contribution in [0.4, 0.5) is 24.5 Å². The maximum atomic E-state index is 14.1. The summed E-state index contributed by atoms with van der Waals surface area (Å²) >= 11 is 0. The van der Waals surface area contributed by atoms with Crippen molar-refractivity contribution in [1.82, 2.24) is 9.80 Å². The van der Waals surface area contributed by atoms with Gasteiger partial charge in [-0.25, -0.2) is 0 Å². The molecule has 7 rings (SSSR count). The van der Waals surface area contributed by atoms with Gasteiger partial charge in [0.05, 0.1) is 29.5 Å². The van der Waals surface area contributed by atoms with Gasteiger partial charge < -0.3 is 29.5 Å². The predicted octanol–water partition coefficient (Wildman–Crippen LogP) is 5.83. The second-order valence-corrected chi connectivity index (χ2v) is 13.7. The molecule has 12 heteroatoms. The largest absolute Gasteiger partial charge is 0.485 e. The van der Waals surface area contributed by atoms with Gasteiger partial charge in [0.15, 0.2) is 17.3 Å². The number of Topliss-reactive ketones (excluding diaryl/α,β-unsaturated/α-hetero) is 1. The van der Waals surface area contributed by atoms with Crippen molar-refractivity contribution in [2.75, 3.05) is 49.5 Å².